The quantitative estimate of drug-likeness (QED) is 0.476. The molecule has 0 unspecified atom stereocenters. The first kappa shape index (κ1) is 16.1. The van der Waals surface area contributed by atoms with Crippen LogP contribution in [-0.4, -0.2) is 36.1 Å². The molecule has 21 heavy (non-hydrogen) atoms. The van der Waals surface area contributed by atoms with Gasteiger partial charge in [-0.2, -0.15) is 0 Å². The molecule has 4 heteroatoms. The lowest BCUT2D eigenvalue weighted by atomic mass is 9.98. The van der Waals surface area contributed by atoms with Gasteiger partial charge in [-0.15, -0.1) is 0 Å². The standard InChI is InChI=1S/C17H23O3S/c1-21(2)12-16(18)13-8-10-14(11-9-13)17(19)20-15-6-4-3-5-7-15/h8-11,15H,3-7,12H2,1-2H3/q+1. The highest BCUT2D eigenvalue weighted by atomic mass is 32.2. The van der Waals surface area contributed by atoms with Crippen molar-refractivity contribution in [1.29, 1.82) is 0 Å². The maximum Gasteiger partial charge on any atom is 0.338 e. The number of ether oxygens (including phenoxy) is 1. The monoisotopic (exact) mass is 307 g/mol. The van der Waals surface area contributed by atoms with Crippen LogP contribution in [0.1, 0.15) is 52.8 Å². The molecule has 0 amide bonds. The second kappa shape index (κ2) is 7.64. The maximum absolute atomic E-state index is 12.1. The summed E-state index contributed by atoms with van der Waals surface area (Å²) in [4.78, 5) is 24.0. The van der Waals surface area contributed by atoms with Crippen molar-refractivity contribution < 1.29 is 14.3 Å². The molecule has 1 aromatic rings. The van der Waals surface area contributed by atoms with Crippen LogP contribution in [0.2, 0.25) is 0 Å². The van der Waals surface area contributed by atoms with Gasteiger partial charge in [0.2, 0.25) is 5.78 Å². The molecule has 2 rings (SSSR count). The number of hydrogen-bond acceptors (Lipinski definition) is 3. The van der Waals surface area contributed by atoms with Gasteiger partial charge in [0.05, 0.1) is 18.1 Å². The van der Waals surface area contributed by atoms with Crippen LogP contribution in [0, 0.1) is 0 Å². The largest absolute Gasteiger partial charge is 0.459 e. The first-order valence-electron chi connectivity index (χ1n) is 7.44. The van der Waals surface area contributed by atoms with Crippen LogP contribution in [0.5, 0.6) is 0 Å². The van der Waals surface area contributed by atoms with Crippen molar-refractivity contribution in [2.24, 2.45) is 0 Å². The van der Waals surface area contributed by atoms with Crippen LogP contribution >= 0.6 is 0 Å². The van der Waals surface area contributed by atoms with Crippen LogP contribution in [-0.2, 0) is 15.6 Å². The molecule has 0 aliphatic heterocycles. The third kappa shape index (κ3) is 4.88. The first-order chi connectivity index (χ1) is 10.1. The molecule has 114 valence electrons. The van der Waals surface area contributed by atoms with Crippen LogP contribution in [0.25, 0.3) is 0 Å². The summed E-state index contributed by atoms with van der Waals surface area (Å²) in [6.45, 7) is 0. The van der Waals surface area contributed by atoms with Gasteiger partial charge in [0.25, 0.3) is 0 Å². The number of carbonyl (C=O) groups excluding carboxylic acids is 2. The van der Waals surface area contributed by atoms with E-state index in [1.165, 1.54) is 6.42 Å². The highest BCUT2D eigenvalue weighted by molar-refractivity contribution is 7.96. The Morgan fingerprint density at radius 3 is 2.19 bits per heavy atom. The molecule has 1 aromatic carbocycles. The Balaban J connectivity index is 1.94. The minimum absolute atomic E-state index is 0.0645. The molecule has 0 bridgehead atoms. The summed E-state index contributed by atoms with van der Waals surface area (Å²) in [6, 6.07) is 6.85. The van der Waals surface area contributed by atoms with Gasteiger partial charge in [0.15, 0.2) is 5.75 Å². The van der Waals surface area contributed by atoms with Gasteiger partial charge in [-0.1, -0.05) is 18.6 Å². The number of hydrogen-bond donors (Lipinski definition) is 0. The van der Waals surface area contributed by atoms with E-state index >= 15 is 0 Å². The molecule has 1 saturated carbocycles. The molecule has 0 heterocycles. The zero-order valence-electron chi connectivity index (χ0n) is 12.8. The predicted octanol–water partition coefficient (Wildman–Crippen LogP) is 3.24. The highest BCUT2D eigenvalue weighted by Crippen LogP contribution is 2.21. The summed E-state index contributed by atoms with van der Waals surface area (Å²) in [6.07, 6.45) is 9.62. The minimum Gasteiger partial charge on any atom is -0.459 e. The molecular weight excluding hydrogens is 284 g/mol. The lowest BCUT2D eigenvalue weighted by Gasteiger charge is -2.21. The second-order valence-electron chi connectivity index (χ2n) is 5.80. The number of esters is 1. The smallest absolute Gasteiger partial charge is 0.338 e. The third-order valence-corrected chi connectivity index (χ3v) is 4.53. The molecule has 0 atom stereocenters. The fraction of sp³-hybridized carbons (Fsp3) is 0.529. The Morgan fingerprint density at radius 1 is 1.05 bits per heavy atom. The lowest BCUT2D eigenvalue weighted by Crippen LogP contribution is -2.21. The van der Waals surface area contributed by atoms with E-state index in [1.807, 2.05) is 12.5 Å². The number of Topliss-reactive ketones (excluding diaryl/α,β-unsaturated/α-hetero) is 1. The summed E-state index contributed by atoms with van der Waals surface area (Å²) >= 11 is 0. The Labute approximate surface area is 129 Å². The molecule has 1 aliphatic rings. The fourth-order valence-electron chi connectivity index (χ4n) is 2.54. The van der Waals surface area contributed by atoms with E-state index in [-0.39, 0.29) is 28.8 Å². The third-order valence-electron chi connectivity index (χ3n) is 3.69. The normalized spacial score (nSPS) is 16.0. The van der Waals surface area contributed by atoms with E-state index < -0.39 is 0 Å². The molecule has 0 saturated heterocycles. The number of ketones is 1. The average Bonchev–Trinajstić information content (AvgIpc) is 2.47. The van der Waals surface area contributed by atoms with Crippen molar-refractivity contribution in [1.82, 2.24) is 0 Å². The molecule has 3 nitrogen and oxygen atoms in total. The molecular formula is C17H23O3S+. The maximum atomic E-state index is 12.1. The lowest BCUT2D eigenvalue weighted by molar-refractivity contribution is 0.0211. The summed E-state index contributed by atoms with van der Waals surface area (Å²) in [7, 11) is 0.0935. The van der Waals surface area contributed by atoms with E-state index in [4.69, 9.17) is 4.74 Å². The highest BCUT2D eigenvalue weighted by Gasteiger charge is 2.19. The van der Waals surface area contributed by atoms with E-state index in [0.717, 1.165) is 25.7 Å². The van der Waals surface area contributed by atoms with Gasteiger partial charge in [0, 0.05) is 5.56 Å². The fourth-order valence-corrected chi connectivity index (χ4v) is 3.23. The SMILES string of the molecule is C[S+](C)CC(=O)c1ccc(C(=O)OC2CCCCC2)cc1. The van der Waals surface area contributed by atoms with Gasteiger partial charge in [-0.05, 0) is 48.7 Å². The van der Waals surface area contributed by atoms with E-state index in [1.54, 1.807) is 24.3 Å². The van der Waals surface area contributed by atoms with Crippen molar-refractivity contribution in [3.05, 3.63) is 35.4 Å². The zero-order chi connectivity index (χ0) is 15.2. The molecule has 0 spiro atoms. The van der Waals surface area contributed by atoms with Crippen molar-refractivity contribution in [2.75, 3.05) is 18.3 Å². The van der Waals surface area contributed by atoms with Gasteiger partial charge >= 0.3 is 5.97 Å². The molecule has 1 aliphatic carbocycles. The average molecular weight is 307 g/mol. The van der Waals surface area contributed by atoms with Crippen LogP contribution < -0.4 is 0 Å². The number of carbonyl (C=O) groups is 2. The Hall–Kier alpha value is -1.29. The van der Waals surface area contributed by atoms with Gasteiger partial charge in [-0.3, -0.25) is 4.79 Å². The number of benzene rings is 1. The van der Waals surface area contributed by atoms with Gasteiger partial charge in [-0.25, -0.2) is 4.79 Å². The summed E-state index contributed by atoms with van der Waals surface area (Å²) in [5, 5.41) is 0. The van der Waals surface area contributed by atoms with Crippen molar-refractivity contribution in [2.45, 2.75) is 38.2 Å². The Bertz CT molecular complexity index is 487. The molecule has 0 radical (unpaired) electrons. The Kier molecular flexibility index (Phi) is 5.85. The van der Waals surface area contributed by atoms with E-state index in [2.05, 4.69) is 0 Å². The van der Waals surface area contributed by atoms with Gasteiger partial charge in [0.1, 0.15) is 6.10 Å². The molecule has 1 fully saturated rings. The number of rotatable bonds is 5. The predicted molar refractivity (Wildman–Crippen MR) is 87.1 cm³/mol. The topological polar surface area (TPSA) is 43.4 Å². The minimum atomic E-state index is -0.272. The zero-order valence-corrected chi connectivity index (χ0v) is 13.6. The second-order valence-corrected chi connectivity index (χ2v) is 8.06. The van der Waals surface area contributed by atoms with E-state index in [0.29, 0.717) is 16.9 Å². The molecule has 0 aromatic heterocycles. The van der Waals surface area contributed by atoms with Crippen molar-refractivity contribution >= 4 is 22.6 Å². The molecule has 0 N–H and O–H groups in total. The van der Waals surface area contributed by atoms with E-state index in [9.17, 15) is 9.59 Å². The van der Waals surface area contributed by atoms with Crippen molar-refractivity contribution in [3.8, 4) is 0 Å². The summed E-state index contributed by atoms with van der Waals surface area (Å²) in [5.74, 6) is 0.424. The van der Waals surface area contributed by atoms with Crippen molar-refractivity contribution in [3.63, 3.8) is 0 Å². The van der Waals surface area contributed by atoms with Crippen LogP contribution in [0.15, 0.2) is 24.3 Å². The summed E-state index contributed by atoms with van der Waals surface area (Å²) in [5.41, 5.74) is 1.20. The van der Waals surface area contributed by atoms with Crippen LogP contribution in [0.3, 0.4) is 0 Å². The Morgan fingerprint density at radius 2 is 1.62 bits per heavy atom. The first-order valence-corrected chi connectivity index (χ1v) is 9.66. The van der Waals surface area contributed by atoms with Gasteiger partial charge < -0.3 is 4.74 Å². The van der Waals surface area contributed by atoms with Crippen LogP contribution in [0.4, 0.5) is 0 Å². The summed E-state index contributed by atoms with van der Waals surface area (Å²) < 4.78 is 5.52.